The van der Waals surface area contributed by atoms with Gasteiger partial charge in [-0.3, -0.25) is 0 Å². The smallest absolute Gasteiger partial charge is 0.127 e. The van der Waals surface area contributed by atoms with Crippen LogP contribution in [0.3, 0.4) is 0 Å². The van der Waals surface area contributed by atoms with E-state index in [4.69, 9.17) is 28.9 Å². The van der Waals surface area contributed by atoms with E-state index in [0.717, 1.165) is 155 Å². The molecule has 0 saturated heterocycles. The van der Waals surface area contributed by atoms with Gasteiger partial charge in [-0.2, -0.15) is 0 Å². The predicted octanol–water partition coefficient (Wildman–Crippen LogP) is 16.0. The number of nitrogens with zero attached hydrogens (tertiary/aromatic N) is 2. The maximum atomic E-state index is 6.11. The van der Waals surface area contributed by atoms with Gasteiger partial charge in [0, 0.05) is 65.9 Å². The number of aromatic amines is 2. The standard InChI is InChI=1S/C64H46N4O4/c1-69-53-25-9-17-37-13-5-21-41(57(37)53)61-45-29-31-47(65-45)62(42-22-6-14-38-18-10-26-54(70-2)58(38)42)49-33-35-51(67-49)64(44-24-8-16-40-20-12-28-56(72-4)60(40)44)52-36-34-50(68-52)63(48-32-30-46(61)66-48)43-23-7-15-39-19-11-27-55(71-3)59(39)43/h5-36,65,68H,1-4H3. The second-order valence-electron chi connectivity index (χ2n) is 18.0. The monoisotopic (exact) mass is 934 g/mol. The van der Waals surface area contributed by atoms with E-state index in [0.29, 0.717) is 0 Å². The summed E-state index contributed by atoms with van der Waals surface area (Å²) in [5.41, 5.74) is 14.3. The van der Waals surface area contributed by atoms with Crippen LogP contribution in [0.2, 0.25) is 0 Å². The Hall–Kier alpha value is -9.40. The molecule has 346 valence electrons. The molecule has 0 amide bonds. The van der Waals surface area contributed by atoms with Gasteiger partial charge in [0.25, 0.3) is 0 Å². The molecule has 0 saturated carbocycles. The first kappa shape index (κ1) is 42.7. The first-order valence-corrected chi connectivity index (χ1v) is 23.9. The predicted molar refractivity (Wildman–Crippen MR) is 297 cm³/mol. The molecule has 8 heteroatoms. The van der Waals surface area contributed by atoms with Crippen molar-refractivity contribution >= 4 is 89.5 Å². The fourth-order valence-corrected chi connectivity index (χ4v) is 11.1. The molecule has 0 aliphatic carbocycles. The van der Waals surface area contributed by atoms with E-state index >= 15 is 0 Å². The Kier molecular flexibility index (Phi) is 10.2. The first-order chi connectivity index (χ1) is 35.5. The third-order valence-corrected chi connectivity index (χ3v) is 14.2. The zero-order valence-corrected chi connectivity index (χ0v) is 40.0. The fourth-order valence-electron chi connectivity index (χ4n) is 11.1. The van der Waals surface area contributed by atoms with Gasteiger partial charge in [-0.05, 0) is 117 Å². The number of H-pyrrole nitrogens is 2. The highest BCUT2D eigenvalue weighted by atomic mass is 16.5. The van der Waals surface area contributed by atoms with Crippen molar-refractivity contribution in [3.63, 3.8) is 0 Å². The van der Waals surface area contributed by atoms with Crippen LogP contribution in [0.5, 0.6) is 23.0 Å². The molecule has 72 heavy (non-hydrogen) atoms. The van der Waals surface area contributed by atoms with E-state index in [2.05, 4.69) is 156 Å². The molecule has 0 radical (unpaired) electrons. The summed E-state index contributed by atoms with van der Waals surface area (Å²) in [5.74, 6) is 3.09. The normalized spacial score (nSPS) is 12.1. The largest absolute Gasteiger partial charge is 0.496 e. The molecule has 3 aromatic heterocycles. The maximum Gasteiger partial charge on any atom is 0.127 e. The number of methoxy groups -OCH3 is 4. The molecule has 5 heterocycles. The Labute approximate surface area is 415 Å². The SMILES string of the molecule is COc1cccc2cccc(-c3c4nc(c(-c5cccc6cccc(OC)c56)c5ccc([nH]5)c(-c5cccc6cccc(OC)c56)c5nc(c(-c6cccc7cccc(OC)c67)c6ccc3[nH]6)C=C5)C=C4)c12. The minimum Gasteiger partial charge on any atom is -0.496 e. The number of hydrogen-bond donors (Lipinski definition) is 2. The molecular formula is C64H46N4O4. The lowest BCUT2D eigenvalue weighted by atomic mass is 9.96. The number of ether oxygens (including phenoxy) is 4. The van der Waals surface area contributed by atoms with Crippen LogP contribution in [-0.2, 0) is 0 Å². The molecule has 0 spiro atoms. The van der Waals surface area contributed by atoms with E-state index in [1.807, 2.05) is 48.5 Å². The van der Waals surface area contributed by atoms with E-state index in [9.17, 15) is 0 Å². The molecule has 2 aliphatic rings. The summed E-state index contributed by atoms with van der Waals surface area (Å²) in [4.78, 5) is 19.3. The zero-order valence-electron chi connectivity index (χ0n) is 40.0. The average Bonchev–Trinajstić information content (AvgIpc) is 4.29. The molecule has 0 atom stereocenters. The van der Waals surface area contributed by atoms with Crippen molar-refractivity contribution in [2.75, 3.05) is 28.4 Å². The molecule has 11 aromatic rings. The van der Waals surface area contributed by atoms with Gasteiger partial charge in [-0.1, -0.05) is 121 Å². The van der Waals surface area contributed by atoms with Crippen LogP contribution in [0, 0.1) is 0 Å². The molecule has 2 aliphatic heterocycles. The molecule has 8 bridgehead atoms. The van der Waals surface area contributed by atoms with Crippen molar-refractivity contribution in [1.82, 2.24) is 19.9 Å². The second-order valence-corrected chi connectivity index (χ2v) is 18.0. The maximum absolute atomic E-state index is 6.11. The van der Waals surface area contributed by atoms with Crippen LogP contribution in [0.25, 0.3) is 134 Å². The Bertz CT molecular complexity index is 3730. The van der Waals surface area contributed by atoms with Gasteiger partial charge in [0.05, 0.1) is 51.2 Å². The summed E-state index contributed by atoms with van der Waals surface area (Å²) in [6.45, 7) is 0. The van der Waals surface area contributed by atoms with Gasteiger partial charge in [0.15, 0.2) is 0 Å². The van der Waals surface area contributed by atoms with E-state index in [1.54, 1.807) is 28.4 Å². The number of nitrogens with one attached hydrogen (secondary N) is 2. The fraction of sp³-hybridized carbons (Fsp3) is 0.0625. The van der Waals surface area contributed by atoms with Gasteiger partial charge in [-0.15, -0.1) is 0 Å². The Morgan fingerprint density at radius 3 is 0.722 bits per heavy atom. The third kappa shape index (κ3) is 6.75. The summed E-state index contributed by atoms with van der Waals surface area (Å²) < 4.78 is 24.4. The van der Waals surface area contributed by atoms with Crippen molar-refractivity contribution < 1.29 is 18.9 Å². The number of hydrogen-bond acceptors (Lipinski definition) is 6. The first-order valence-electron chi connectivity index (χ1n) is 23.9. The lowest BCUT2D eigenvalue weighted by molar-refractivity contribution is 0.420. The van der Waals surface area contributed by atoms with E-state index in [1.165, 1.54) is 0 Å². The van der Waals surface area contributed by atoms with Crippen molar-refractivity contribution in [3.8, 4) is 67.5 Å². The van der Waals surface area contributed by atoms with Crippen molar-refractivity contribution in [2.24, 2.45) is 0 Å². The zero-order chi connectivity index (χ0) is 48.5. The molecule has 2 N–H and O–H groups in total. The Morgan fingerprint density at radius 1 is 0.278 bits per heavy atom. The highest BCUT2D eigenvalue weighted by Gasteiger charge is 2.24. The van der Waals surface area contributed by atoms with Gasteiger partial charge in [0.1, 0.15) is 23.0 Å². The highest BCUT2D eigenvalue weighted by Crippen LogP contribution is 2.46. The summed E-state index contributed by atoms with van der Waals surface area (Å²) in [7, 11) is 6.91. The number of benzene rings is 8. The quantitative estimate of drug-likeness (QED) is 0.158. The van der Waals surface area contributed by atoms with Crippen LogP contribution >= 0.6 is 0 Å². The van der Waals surface area contributed by atoms with Crippen molar-refractivity contribution in [1.29, 1.82) is 0 Å². The van der Waals surface area contributed by atoms with Crippen LogP contribution in [0.4, 0.5) is 0 Å². The van der Waals surface area contributed by atoms with Crippen LogP contribution < -0.4 is 18.9 Å². The summed E-state index contributed by atoms with van der Waals surface area (Å²) in [6, 6.07) is 58.9. The number of rotatable bonds is 8. The molecule has 8 aromatic carbocycles. The topological polar surface area (TPSA) is 94.3 Å². The van der Waals surface area contributed by atoms with Gasteiger partial charge in [0.2, 0.25) is 0 Å². The second kappa shape index (κ2) is 17.2. The molecular weight excluding hydrogens is 889 g/mol. The van der Waals surface area contributed by atoms with Crippen molar-refractivity contribution in [2.45, 2.75) is 0 Å². The Balaban J connectivity index is 1.26. The molecule has 0 unspecified atom stereocenters. The number of fused-ring (bicyclic) bond motifs is 12. The summed E-state index contributed by atoms with van der Waals surface area (Å²) >= 11 is 0. The van der Waals surface area contributed by atoms with E-state index < -0.39 is 0 Å². The van der Waals surface area contributed by atoms with Gasteiger partial charge < -0.3 is 28.9 Å². The summed E-state index contributed by atoms with van der Waals surface area (Å²) in [6.07, 6.45) is 8.53. The van der Waals surface area contributed by atoms with Crippen LogP contribution in [0.1, 0.15) is 22.8 Å². The van der Waals surface area contributed by atoms with Crippen LogP contribution in [-0.4, -0.2) is 48.4 Å². The Morgan fingerprint density at radius 2 is 0.500 bits per heavy atom. The molecule has 13 rings (SSSR count). The minimum absolute atomic E-state index is 0.773. The lowest BCUT2D eigenvalue weighted by Crippen LogP contribution is -1.93. The molecule has 8 nitrogen and oxygen atoms in total. The van der Waals surface area contributed by atoms with Crippen molar-refractivity contribution in [3.05, 3.63) is 193 Å². The van der Waals surface area contributed by atoms with E-state index in [-0.39, 0.29) is 0 Å². The lowest BCUT2D eigenvalue weighted by Gasteiger charge is -2.14. The third-order valence-electron chi connectivity index (χ3n) is 14.2. The van der Waals surface area contributed by atoms with Gasteiger partial charge in [-0.25, -0.2) is 9.97 Å². The van der Waals surface area contributed by atoms with Crippen LogP contribution in [0.15, 0.2) is 170 Å². The number of aromatic nitrogens is 4. The average molecular weight is 935 g/mol. The highest BCUT2D eigenvalue weighted by molar-refractivity contribution is 6.12. The molecule has 0 fully saturated rings. The summed E-state index contributed by atoms with van der Waals surface area (Å²) in [5, 5.41) is 8.17. The minimum atomic E-state index is 0.773. The van der Waals surface area contributed by atoms with Gasteiger partial charge >= 0.3 is 0 Å².